The highest BCUT2D eigenvalue weighted by Gasteiger charge is 2.27. The number of rotatable bonds is 38. The molecular weight excluding hydrogens is 683 g/mol. The molecule has 0 saturated heterocycles. The van der Waals surface area contributed by atoms with Gasteiger partial charge in [-0.3, -0.25) is 18.6 Å². The van der Waals surface area contributed by atoms with E-state index in [1.165, 1.54) is 57.8 Å². The molecule has 3 atom stereocenters. The molecule has 0 aromatic heterocycles. The summed E-state index contributed by atoms with van der Waals surface area (Å²) in [7, 11) is -4.62. The number of aliphatic hydroxyl groups excluding tert-OH is 2. The van der Waals surface area contributed by atoms with Crippen LogP contribution in [0.25, 0.3) is 0 Å². The van der Waals surface area contributed by atoms with E-state index in [9.17, 15) is 24.2 Å². The van der Waals surface area contributed by atoms with Crippen molar-refractivity contribution in [3.8, 4) is 0 Å². The summed E-state index contributed by atoms with van der Waals surface area (Å²) in [4.78, 5) is 34.9. The summed E-state index contributed by atoms with van der Waals surface area (Å²) in [6.07, 6.45) is 36.8. The lowest BCUT2D eigenvalue weighted by molar-refractivity contribution is -0.161. The number of carbonyl (C=O) groups is 2. The molecule has 0 bridgehead atoms. The van der Waals surface area contributed by atoms with Gasteiger partial charge in [-0.2, -0.15) is 0 Å². The van der Waals surface area contributed by atoms with Gasteiger partial charge in [0.2, 0.25) is 0 Å². The number of hydrogen-bond donors (Lipinski definition) is 3. The van der Waals surface area contributed by atoms with E-state index in [-0.39, 0.29) is 19.4 Å². The maximum atomic E-state index is 12.6. The highest BCUT2D eigenvalue weighted by atomic mass is 31.2. The molecule has 0 fully saturated rings. The molecule has 0 saturated carbocycles. The van der Waals surface area contributed by atoms with Crippen molar-refractivity contribution in [3.63, 3.8) is 0 Å². The highest BCUT2D eigenvalue weighted by molar-refractivity contribution is 7.47. The van der Waals surface area contributed by atoms with Crippen molar-refractivity contribution in [2.24, 2.45) is 0 Å². The van der Waals surface area contributed by atoms with Gasteiger partial charge in [0, 0.05) is 12.8 Å². The van der Waals surface area contributed by atoms with E-state index in [1.54, 1.807) is 0 Å². The van der Waals surface area contributed by atoms with Gasteiger partial charge < -0.3 is 24.6 Å². The van der Waals surface area contributed by atoms with Crippen molar-refractivity contribution in [2.75, 3.05) is 26.4 Å². The maximum Gasteiger partial charge on any atom is 0.472 e. The Hall–Kier alpha value is -1.81. The lowest BCUT2D eigenvalue weighted by Crippen LogP contribution is -2.29. The molecule has 52 heavy (non-hydrogen) atoms. The maximum absolute atomic E-state index is 12.6. The summed E-state index contributed by atoms with van der Waals surface area (Å²) in [6, 6.07) is 0. The number of carbonyl (C=O) groups excluding carboxylic acids is 2. The van der Waals surface area contributed by atoms with Crippen LogP contribution >= 0.6 is 7.82 Å². The minimum absolute atomic E-state index is 0.174. The molecule has 11 heteroatoms. The summed E-state index contributed by atoms with van der Waals surface area (Å²) in [5.74, 6) is -0.945. The normalized spacial score (nSPS) is 14.3. The van der Waals surface area contributed by atoms with E-state index in [4.69, 9.17) is 19.1 Å². The van der Waals surface area contributed by atoms with Crippen molar-refractivity contribution in [1.29, 1.82) is 0 Å². The molecule has 0 amide bonds. The smallest absolute Gasteiger partial charge is 0.462 e. The third-order valence-corrected chi connectivity index (χ3v) is 9.47. The van der Waals surface area contributed by atoms with Crippen molar-refractivity contribution >= 4 is 19.8 Å². The average Bonchev–Trinajstić information content (AvgIpc) is 3.13. The molecule has 0 rings (SSSR count). The molecule has 0 aliphatic heterocycles. The van der Waals surface area contributed by atoms with Crippen molar-refractivity contribution in [3.05, 3.63) is 36.5 Å². The minimum atomic E-state index is -4.62. The number of unbranched alkanes of at least 4 members (excludes halogenated alkanes) is 18. The van der Waals surface area contributed by atoms with Crippen molar-refractivity contribution in [2.45, 2.75) is 187 Å². The number of phosphoric acid groups is 1. The Kier molecular flexibility index (Phi) is 36.2. The van der Waals surface area contributed by atoms with Crippen molar-refractivity contribution in [1.82, 2.24) is 0 Å². The van der Waals surface area contributed by atoms with Crippen LogP contribution in [0, 0.1) is 0 Å². The third kappa shape index (κ3) is 36.5. The SMILES string of the molecule is CCCCC/C=C\C/C=C\CCCCCCCCCC(=O)OC(COC(=O)CCCCCCC/C=C\CCCCC)COP(=O)(O)OCC(O)CO. The molecule has 0 aromatic carbocycles. The molecule has 304 valence electrons. The Balaban J connectivity index is 4.34. The number of phosphoric ester groups is 1. The van der Waals surface area contributed by atoms with Gasteiger partial charge in [-0.15, -0.1) is 0 Å². The molecule has 3 N–H and O–H groups in total. The molecule has 0 aromatic rings. The molecule has 0 heterocycles. The number of aliphatic hydroxyl groups is 2. The number of ether oxygens (including phenoxy) is 2. The first kappa shape index (κ1) is 50.2. The summed E-state index contributed by atoms with van der Waals surface area (Å²) >= 11 is 0. The van der Waals surface area contributed by atoms with E-state index < -0.39 is 51.8 Å². The van der Waals surface area contributed by atoms with Gasteiger partial charge >= 0.3 is 19.8 Å². The Bertz CT molecular complexity index is 967. The fourth-order valence-electron chi connectivity index (χ4n) is 5.31. The third-order valence-electron chi connectivity index (χ3n) is 8.52. The van der Waals surface area contributed by atoms with Crippen molar-refractivity contribution < 1.29 is 47.8 Å². The zero-order valence-electron chi connectivity index (χ0n) is 32.8. The quantitative estimate of drug-likeness (QED) is 0.0240. The lowest BCUT2D eigenvalue weighted by atomic mass is 10.1. The van der Waals surface area contributed by atoms with Gasteiger partial charge in [0.25, 0.3) is 0 Å². The van der Waals surface area contributed by atoms with E-state index in [1.807, 2.05) is 0 Å². The molecular formula is C41H75O10P. The van der Waals surface area contributed by atoms with Gasteiger partial charge in [0.15, 0.2) is 6.10 Å². The van der Waals surface area contributed by atoms with Crippen LogP contribution in [0.4, 0.5) is 0 Å². The number of hydrogen-bond acceptors (Lipinski definition) is 9. The summed E-state index contributed by atoms with van der Waals surface area (Å²) in [6.45, 7) is 2.30. The minimum Gasteiger partial charge on any atom is -0.462 e. The monoisotopic (exact) mass is 759 g/mol. The lowest BCUT2D eigenvalue weighted by Gasteiger charge is -2.20. The molecule has 0 radical (unpaired) electrons. The predicted octanol–water partition coefficient (Wildman–Crippen LogP) is 10.4. The van der Waals surface area contributed by atoms with E-state index >= 15 is 0 Å². The van der Waals surface area contributed by atoms with Gasteiger partial charge in [-0.05, 0) is 70.6 Å². The van der Waals surface area contributed by atoms with Gasteiger partial charge in [-0.1, -0.05) is 127 Å². The number of allylic oxidation sites excluding steroid dienone is 6. The second kappa shape index (κ2) is 37.5. The van der Waals surface area contributed by atoms with Crippen LogP contribution in [0.1, 0.15) is 174 Å². The van der Waals surface area contributed by atoms with Crippen LogP contribution in [0.15, 0.2) is 36.5 Å². The van der Waals surface area contributed by atoms with Crippen LogP contribution in [-0.2, 0) is 32.7 Å². The first-order valence-electron chi connectivity index (χ1n) is 20.4. The molecule has 0 aliphatic rings. The van der Waals surface area contributed by atoms with Gasteiger partial charge in [0.05, 0.1) is 19.8 Å². The molecule has 0 aliphatic carbocycles. The molecule has 3 unspecified atom stereocenters. The van der Waals surface area contributed by atoms with Gasteiger partial charge in [0.1, 0.15) is 12.7 Å². The molecule has 0 spiro atoms. The van der Waals surface area contributed by atoms with E-state index in [2.05, 4.69) is 54.8 Å². The van der Waals surface area contributed by atoms with Gasteiger partial charge in [-0.25, -0.2) is 4.57 Å². The summed E-state index contributed by atoms with van der Waals surface area (Å²) in [5.41, 5.74) is 0. The first-order valence-corrected chi connectivity index (χ1v) is 21.9. The average molecular weight is 759 g/mol. The Morgan fingerprint density at radius 3 is 1.50 bits per heavy atom. The second-order valence-electron chi connectivity index (χ2n) is 13.7. The largest absolute Gasteiger partial charge is 0.472 e. The molecule has 10 nitrogen and oxygen atoms in total. The highest BCUT2D eigenvalue weighted by Crippen LogP contribution is 2.43. The predicted molar refractivity (Wildman–Crippen MR) is 210 cm³/mol. The van der Waals surface area contributed by atoms with Crippen LogP contribution in [-0.4, -0.2) is 65.7 Å². The Morgan fingerprint density at radius 2 is 1.00 bits per heavy atom. The van der Waals surface area contributed by atoms with E-state index in [0.29, 0.717) is 12.8 Å². The second-order valence-corrected chi connectivity index (χ2v) is 15.1. The van der Waals surface area contributed by atoms with Crippen LogP contribution in [0.2, 0.25) is 0 Å². The number of esters is 2. The fourth-order valence-corrected chi connectivity index (χ4v) is 6.10. The first-order chi connectivity index (χ1) is 25.2. The van der Waals surface area contributed by atoms with Crippen LogP contribution in [0.5, 0.6) is 0 Å². The summed E-state index contributed by atoms with van der Waals surface area (Å²) in [5, 5.41) is 18.3. The zero-order chi connectivity index (χ0) is 38.4. The fraction of sp³-hybridized carbons (Fsp3) is 0.805. The topological polar surface area (TPSA) is 149 Å². The standard InChI is InChI=1S/C41H75O10P/c1-3-5-7-9-11-13-15-17-18-19-20-21-23-25-27-29-31-33-41(45)51-39(37-50-52(46,47)49-35-38(43)34-42)36-48-40(44)32-30-28-26-24-22-16-14-12-10-8-6-4-2/h11-14,17-18,38-39,42-43H,3-10,15-16,19-37H2,1-2H3,(H,46,47)/b13-11-,14-12-,18-17-. The van der Waals surface area contributed by atoms with E-state index in [0.717, 1.165) is 77.0 Å². The summed E-state index contributed by atoms with van der Waals surface area (Å²) < 4.78 is 32.6. The Labute approximate surface area is 316 Å². The Morgan fingerprint density at radius 1 is 0.577 bits per heavy atom. The van der Waals surface area contributed by atoms with Crippen LogP contribution in [0.3, 0.4) is 0 Å². The zero-order valence-corrected chi connectivity index (χ0v) is 33.7. The van der Waals surface area contributed by atoms with Crippen LogP contribution < -0.4 is 0 Å².